The fourth-order valence-corrected chi connectivity index (χ4v) is 4.08. The monoisotopic (exact) mass is 460 g/mol. The highest BCUT2D eigenvalue weighted by Crippen LogP contribution is 2.28. The zero-order valence-electron chi connectivity index (χ0n) is 19.5. The van der Waals surface area contributed by atoms with Crippen LogP contribution in [0.3, 0.4) is 0 Å². The Balaban J connectivity index is 1.51. The number of benzene rings is 3. The highest BCUT2D eigenvalue weighted by molar-refractivity contribution is 6.04. The Morgan fingerprint density at radius 2 is 1.68 bits per heavy atom. The number of rotatable bonds is 6. The van der Waals surface area contributed by atoms with Crippen molar-refractivity contribution in [3.05, 3.63) is 88.7 Å². The van der Waals surface area contributed by atoms with Crippen molar-refractivity contribution in [2.24, 2.45) is 0 Å². The molecule has 1 heterocycles. The fourth-order valence-electron chi connectivity index (χ4n) is 4.08. The summed E-state index contributed by atoms with van der Waals surface area (Å²) in [7, 11) is 0. The Labute approximate surface area is 199 Å². The molecule has 0 aliphatic carbocycles. The van der Waals surface area contributed by atoms with E-state index in [2.05, 4.69) is 20.9 Å². The molecule has 6 nitrogen and oxygen atoms in total. The molecular formula is C27H29FN4O2. The predicted molar refractivity (Wildman–Crippen MR) is 134 cm³/mol. The summed E-state index contributed by atoms with van der Waals surface area (Å²) in [6.45, 7) is 6.01. The Morgan fingerprint density at radius 1 is 0.941 bits per heavy atom. The van der Waals surface area contributed by atoms with Crippen molar-refractivity contribution < 1.29 is 14.0 Å². The molecule has 34 heavy (non-hydrogen) atoms. The Kier molecular flexibility index (Phi) is 7.11. The standard InChI is InChI=1S/C27H29FN4O2/c1-18-6-5-7-24(19(18)2)31-27(34)30-22-12-13-25(32-14-3-4-15-32)23(16-22)26(33)29-17-20-8-10-21(28)11-9-20/h5-13,16H,3-4,14-15,17H2,1-2H3,(H,29,33)(H2,30,31,34). The van der Waals surface area contributed by atoms with Gasteiger partial charge in [-0.2, -0.15) is 0 Å². The molecule has 3 aromatic carbocycles. The van der Waals surface area contributed by atoms with Crippen molar-refractivity contribution in [3.8, 4) is 0 Å². The van der Waals surface area contributed by atoms with Crippen LogP contribution < -0.4 is 20.9 Å². The number of nitrogens with zero attached hydrogens (tertiary/aromatic N) is 1. The van der Waals surface area contributed by atoms with Crippen LogP contribution in [0.25, 0.3) is 0 Å². The predicted octanol–water partition coefficient (Wildman–Crippen LogP) is 5.62. The molecule has 1 saturated heterocycles. The number of hydrogen-bond donors (Lipinski definition) is 3. The number of halogens is 1. The number of carbonyl (C=O) groups is 2. The number of urea groups is 1. The number of nitrogens with one attached hydrogen (secondary N) is 3. The van der Waals surface area contributed by atoms with E-state index in [-0.39, 0.29) is 24.3 Å². The van der Waals surface area contributed by atoms with Gasteiger partial charge in [0.05, 0.1) is 5.56 Å². The second-order valence-electron chi connectivity index (χ2n) is 8.56. The van der Waals surface area contributed by atoms with Crippen LogP contribution in [0, 0.1) is 19.7 Å². The molecule has 1 aliphatic rings. The largest absolute Gasteiger partial charge is 0.371 e. The summed E-state index contributed by atoms with van der Waals surface area (Å²) in [5.74, 6) is -0.561. The Hall–Kier alpha value is -3.87. The van der Waals surface area contributed by atoms with Crippen molar-refractivity contribution in [2.45, 2.75) is 33.2 Å². The minimum absolute atomic E-state index is 0.246. The second-order valence-corrected chi connectivity index (χ2v) is 8.56. The molecule has 0 bridgehead atoms. The number of amides is 3. The maximum absolute atomic E-state index is 13.2. The van der Waals surface area contributed by atoms with E-state index < -0.39 is 0 Å². The van der Waals surface area contributed by atoms with Gasteiger partial charge in [0, 0.05) is 36.7 Å². The van der Waals surface area contributed by atoms with Gasteiger partial charge < -0.3 is 20.9 Å². The first kappa shape index (κ1) is 23.3. The summed E-state index contributed by atoms with van der Waals surface area (Å²) in [5, 5.41) is 8.63. The Bertz CT molecular complexity index is 1190. The SMILES string of the molecule is Cc1cccc(NC(=O)Nc2ccc(N3CCCC3)c(C(=O)NCc3ccc(F)cc3)c2)c1C. The van der Waals surface area contributed by atoms with E-state index in [9.17, 15) is 14.0 Å². The molecule has 176 valence electrons. The van der Waals surface area contributed by atoms with Gasteiger partial charge in [0.1, 0.15) is 5.82 Å². The molecule has 7 heteroatoms. The van der Waals surface area contributed by atoms with E-state index in [1.807, 2.05) is 44.2 Å². The number of carbonyl (C=O) groups excluding carboxylic acids is 2. The molecule has 0 unspecified atom stereocenters. The van der Waals surface area contributed by atoms with Gasteiger partial charge in [-0.1, -0.05) is 24.3 Å². The van der Waals surface area contributed by atoms with Crippen molar-refractivity contribution in [1.29, 1.82) is 0 Å². The van der Waals surface area contributed by atoms with Gasteiger partial charge in [-0.25, -0.2) is 9.18 Å². The van der Waals surface area contributed by atoms with Crippen LogP contribution in [0.2, 0.25) is 0 Å². The first-order valence-corrected chi connectivity index (χ1v) is 11.5. The molecule has 0 saturated carbocycles. The maximum Gasteiger partial charge on any atom is 0.323 e. The number of aryl methyl sites for hydroxylation is 1. The molecule has 0 radical (unpaired) electrons. The lowest BCUT2D eigenvalue weighted by molar-refractivity contribution is 0.0951. The molecule has 4 rings (SSSR count). The van der Waals surface area contributed by atoms with Gasteiger partial charge in [-0.15, -0.1) is 0 Å². The fraction of sp³-hybridized carbons (Fsp3) is 0.259. The van der Waals surface area contributed by atoms with Crippen LogP contribution in [0.5, 0.6) is 0 Å². The van der Waals surface area contributed by atoms with Crippen LogP contribution in [-0.4, -0.2) is 25.0 Å². The van der Waals surface area contributed by atoms with E-state index in [0.717, 1.165) is 54.0 Å². The normalized spacial score (nSPS) is 13.0. The van der Waals surface area contributed by atoms with E-state index >= 15 is 0 Å². The summed E-state index contributed by atoms with van der Waals surface area (Å²) in [6.07, 6.45) is 2.16. The summed E-state index contributed by atoms with van der Waals surface area (Å²) in [5.41, 5.74) is 5.50. The lowest BCUT2D eigenvalue weighted by atomic mass is 10.1. The highest BCUT2D eigenvalue weighted by atomic mass is 19.1. The topological polar surface area (TPSA) is 73.5 Å². The zero-order chi connectivity index (χ0) is 24.1. The highest BCUT2D eigenvalue weighted by Gasteiger charge is 2.20. The van der Waals surface area contributed by atoms with Gasteiger partial charge in [0.2, 0.25) is 0 Å². The van der Waals surface area contributed by atoms with Gasteiger partial charge in [-0.05, 0) is 79.8 Å². The van der Waals surface area contributed by atoms with Crippen molar-refractivity contribution in [2.75, 3.05) is 28.6 Å². The van der Waals surface area contributed by atoms with Crippen LogP contribution in [-0.2, 0) is 6.54 Å². The lowest BCUT2D eigenvalue weighted by Crippen LogP contribution is -2.28. The van der Waals surface area contributed by atoms with Gasteiger partial charge in [0.25, 0.3) is 5.91 Å². The minimum atomic E-state index is -0.375. The average molecular weight is 461 g/mol. The summed E-state index contributed by atoms with van der Waals surface area (Å²) in [4.78, 5) is 28.0. The van der Waals surface area contributed by atoms with E-state index in [0.29, 0.717) is 11.3 Å². The minimum Gasteiger partial charge on any atom is -0.371 e. The van der Waals surface area contributed by atoms with E-state index in [4.69, 9.17) is 0 Å². The molecule has 0 atom stereocenters. The van der Waals surface area contributed by atoms with E-state index in [1.54, 1.807) is 18.2 Å². The first-order chi connectivity index (χ1) is 16.4. The smallest absolute Gasteiger partial charge is 0.323 e. The Morgan fingerprint density at radius 3 is 2.41 bits per heavy atom. The molecule has 0 spiro atoms. The number of hydrogen-bond acceptors (Lipinski definition) is 3. The van der Waals surface area contributed by atoms with Crippen LogP contribution in [0.15, 0.2) is 60.7 Å². The van der Waals surface area contributed by atoms with Crippen LogP contribution in [0.4, 0.5) is 26.2 Å². The van der Waals surface area contributed by atoms with Crippen LogP contribution >= 0.6 is 0 Å². The maximum atomic E-state index is 13.2. The van der Waals surface area contributed by atoms with Crippen molar-refractivity contribution in [3.63, 3.8) is 0 Å². The van der Waals surface area contributed by atoms with Crippen molar-refractivity contribution >= 4 is 29.0 Å². The van der Waals surface area contributed by atoms with E-state index in [1.165, 1.54) is 12.1 Å². The molecular weight excluding hydrogens is 431 g/mol. The zero-order valence-corrected chi connectivity index (χ0v) is 19.5. The molecule has 0 aromatic heterocycles. The first-order valence-electron chi connectivity index (χ1n) is 11.5. The summed E-state index contributed by atoms with van der Waals surface area (Å²) < 4.78 is 13.2. The molecule has 1 fully saturated rings. The third kappa shape index (κ3) is 5.54. The molecule has 3 aromatic rings. The lowest BCUT2D eigenvalue weighted by Gasteiger charge is -2.22. The summed E-state index contributed by atoms with van der Waals surface area (Å²) in [6, 6.07) is 16.8. The molecule has 3 N–H and O–H groups in total. The third-order valence-electron chi connectivity index (χ3n) is 6.16. The second kappa shape index (κ2) is 10.4. The van der Waals surface area contributed by atoms with Gasteiger partial charge >= 0.3 is 6.03 Å². The summed E-state index contributed by atoms with van der Waals surface area (Å²) >= 11 is 0. The van der Waals surface area contributed by atoms with Crippen LogP contribution in [0.1, 0.15) is 39.9 Å². The number of anilines is 3. The molecule has 3 amide bonds. The third-order valence-corrected chi connectivity index (χ3v) is 6.16. The quantitative estimate of drug-likeness (QED) is 0.447. The van der Waals surface area contributed by atoms with Crippen molar-refractivity contribution in [1.82, 2.24) is 5.32 Å². The van der Waals surface area contributed by atoms with Gasteiger partial charge in [-0.3, -0.25) is 4.79 Å². The molecule has 1 aliphatic heterocycles. The average Bonchev–Trinajstić information content (AvgIpc) is 3.36. The van der Waals surface area contributed by atoms with Gasteiger partial charge in [0.15, 0.2) is 0 Å².